The molecule has 1 aliphatic heterocycles. The van der Waals surface area contributed by atoms with E-state index < -0.39 is 0 Å². The lowest BCUT2D eigenvalue weighted by Crippen LogP contribution is -2.36. The van der Waals surface area contributed by atoms with Crippen molar-refractivity contribution in [3.8, 4) is 0 Å². The van der Waals surface area contributed by atoms with Gasteiger partial charge in [0.2, 0.25) is 0 Å². The van der Waals surface area contributed by atoms with Gasteiger partial charge in [-0.25, -0.2) is 0 Å². The highest BCUT2D eigenvalue weighted by molar-refractivity contribution is 5.81. The molecule has 2 atom stereocenters. The van der Waals surface area contributed by atoms with E-state index >= 15 is 0 Å². The Bertz CT molecular complexity index is 818. The lowest BCUT2D eigenvalue weighted by molar-refractivity contribution is 0.179. The zero-order valence-corrected chi connectivity index (χ0v) is 14.7. The molecule has 2 heteroatoms. The summed E-state index contributed by atoms with van der Waals surface area (Å²) < 4.78 is 2.51. The molecule has 2 heterocycles. The zero-order valence-electron chi connectivity index (χ0n) is 14.7. The second-order valence-corrected chi connectivity index (χ2v) is 7.19. The summed E-state index contributed by atoms with van der Waals surface area (Å²) in [5.41, 5.74) is 4.16. The van der Waals surface area contributed by atoms with Crippen LogP contribution in [-0.4, -0.2) is 21.6 Å². The summed E-state index contributed by atoms with van der Waals surface area (Å²) in [4.78, 5) is 2.70. The van der Waals surface area contributed by atoms with Gasteiger partial charge < -0.3 is 4.57 Å². The van der Waals surface area contributed by atoms with Gasteiger partial charge in [0.15, 0.2) is 0 Å². The first-order chi connectivity index (χ1) is 11.7. The van der Waals surface area contributed by atoms with Crippen LogP contribution in [0.25, 0.3) is 10.9 Å². The number of hydrogen-bond donors (Lipinski definition) is 0. The number of likely N-dealkylation sites (tertiary alicyclic amines) is 1. The van der Waals surface area contributed by atoms with Crippen molar-refractivity contribution in [1.29, 1.82) is 0 Å². The molecule has 0 bridgehead atoms. The van der Waals surface area contributed by atoms with Crippen LogP contribution in [0.1, 0.15) is 31.0 Å². The molecule has 3 aromatic rings. The van der Waals surface area contributed by atoms with Crippen molar-refractivity contribution in [3.05, 3.63) is 71.9 Å². The van der Waals surface area contributed by atoms with E-state index in [4.69, 9.17) is 0 Å². The zero-order chi connectivity index (χ0) is 16.5. The number of rotatable bonds is 4. The minimum atomic E-state index is 0.620. The fourth-order valence-corrected chi connectivity index (χ4v) is 4.20. The molecule has 0 aliphatic carbocycles. The molecule has 0 spiro atoms. The SMILES string of the molecule is Cc1cc2ccccc2n1C[C@H]1CC[C@@H](C)N1Cc1ccccc1. The van der Waals surface area contributed by atoms with Crippen LogP contribution in [0.15, 0.2) is 60.7 Å². The molecule has 0 saturated carbocycles. The standard InChI is InChI=1S/C22H26N2/c1-17-12-13-21(23(17)15-19-8-4-3-5-9-19)16-24-18(2)14-20-10-6-7-11-22(20)24/h3-11,14,17,21H,12-13,15-16H2,1-2H3/t17-,21-/m1/s1. The number of benzene rings is 2. The molecule has 0 radical (unpaired) electrons. The number of para-hydroxylation sites is 1. The average Bonchev–Trinajstić information content (AvgIpc) is 3.10. The Labute approximate surface area is 144 Å². The average molecular weight is 318 g/mol. The van der Waals surface area contributed by atoms with Gasteiger partial charge >= 0.3 is 0 Å². The maximum atomic E-state index is 2.70. The monoisotopic (exact) mass is 318 g/mol. The predicted octanol–water partition coefficient (Wildman–Crippen LogP) is 5.00. The van der Waals surface area contributed by atoms with E-state index in [9.17, 15) is 0 Å². The van der Waals surface area contributed by atoms with Crippen LogP contribution in [-0.2, 0) is 13.1 Å². The second-order valence-electron chi connectivity index (χ2n) is 7.19. The normalized spacial score (nSPS) is 21.6. The predicted molar refractivity (Wildman–Crippen MR) is 101 cm³/mol. The summed E-state index contributed by atoms with van der Waals surface area (Å²) >= 11 is 0. The fraction of sp³-hybridized carbons (Fsp3) is 0.364. The minimum absolute atomic E-state index is 0.620. The van der Waals surface area contributed by atoms with Gasteiger partial charge in [-0.1, -0.05) is 48.5 Å². The van der Waals surface area contributed by atoms with Crippen molar-refractivity contribution >= 4 is 10.9 Å². The molecule has 1 saturated heterocycles. The molecule has 1 aliphatic rings. The lowest BCUT2D eigenvalue weighted by atomic mass is 10.1. The van der Waals surface area contributed by atoms with Gasteiger partial charge in [0.05, 0.1) is 0 Å². The molecule has 0 N–H and O–H groups in total. The number of fused-ring (bicyclic) bond motifs is 1. The number of aryl methyl sites for hydroxylation is 1. The molecule has 2 aromatic carbocycles. The highest BCUT2D eigenvalue weighted by Crippen LogP contribution is 2.29. The van der Waals surface area contributed by atoms with E-state index in [1.54, 1.807) is 0 Å². The summed E-state index contributed by atoms with van der Waals surface area (Å²) in [5.74, 6) is 0. The first kappa shape index (κ1) is 15.5. The molecule has 1 fully saturated rings. The first-order valence-corrected chi connectivity index (χ1v) is 9.07. The smallest absolute Gasteiger partial charge is 0.0482 e. The highest BCUT2D eigenvalue weighted by Gasteiger charge is 2.31. The van der Waals surface area contributed by atoms with E-state index in [1.165, 1.54) is 35.0 Å². The third-order valence-electron chi connectivity index (χ3n) is 5.57. The summed E-state index contributed by atoms with van der Waals surface area (Å²) in [6.07, 6.45) is 2.59. The largest absolute Gasteiger partial charge is 0.343 e. The summed E-state index contributed by atoms with van der Waals surface area (Å²) in [6, 6.07) is 23.2. The van der Waals surface area contributed by atoms with E-state index in [0.29, 0.717) is 12.1 Å². The van der Waals surface area contributed by atoms with E-state index in [1.807, 2.05) is 0 Å². The Kier molecular flexibility index (Phi) is 4.15. The molecule has 124 valence electrons. The summed E-state index contributed by atoms with van der Waals surface area (Å²) in [5, 5.41) is 1.36. The minimum Gasteiger partial charge on any atom is -0.343 e. The number of hydrogen-bond acceptors (Lipinski definition) is 1. The van der Waals surface area contributed by atoms with E-state index in [-0.39, 0.29) is 0 Å². The van der Waals surface area contributed by atoms with Crippen molar-refractivity contribution in [2.75, 3.05) is 0 Å². The molecule has 0 unspecified atom stereocenters. The Morgan fingerprint density at radius 1 is 0.958 bits per heavy atom. The van der Waals surface area contributed by atoms with Crippen LogP contribution in [0.3, 0.4) is 0 Å². The molecule has 1 aromatic heterocycles. The number of aromatic nitrogens is 1. The van der Waals surface area contributed by atoms with Crippen molar-refractivity contribution in [3.63, 3.8) is 0 Å². The van der Waals surface area contributed by atoms with E-state index in [0.717, 1.165) is 13.1 Å². The Hall–Kier alpha value is -2.06. The van der Waals surface area contributed by atoms with Gasteiger partial charge in [-0.2, -0.15) is 0 Å². The van der Waals surface area contributed by atoms with Gasteiger partial charge in [0.1, 0.15) is 0 Å². The van der Waals surface area contributed by atoms with Crippen molar-refractivity contribution in [1.82, 2.24) is 9.47 Å². The Morgan fingerprint density at radius 2 is 1.71 bits per heavy atom. The molecular weight excluding hydrogens is 292 g/mol. The highest BCUT2D eigenvalue weighted by atomic mass is 15.2. The van der Waals surface area contributed by atoms with Gasteiger partial charge in [-0.15, -0.1) is 0 Å². The topological polar surface area (TPSA) is 8.17 Å². The third-order valence-corrected chi connectivity index (χ3v) is 5.57. The van der Waals surface area contributed by atoms with Gasteiger partial charge in [0, 0.05) is 36.4 Å². The fourth-order valence-electron chi connectivity index (χ4n) is 4.20. The molecule has 24 heavy (non-hydrogen) atoms. The van der Waals surface area contributed by atoms with Crippen molar-refractivity contribution < 1.29 is 0 Å². The van der Waals surface area contributed by atoms with Crippen LogP contribution in [0, 0.1) is 6.92 Å². The van der Waals surface area contributed by atoms with Crippen molar-refractivity contribution in [2.45, 2.75) is 51.9 Å². The maximum Gasteiger partial charge on any atom is 0.0482 e. The Morgan fingerprint density at radius 3 is 2.54 bits per heavy atom. The van der Waals surface area contributed by atoms with Crippen LogP contribution in [0.4, 0.5) is 0 Å². The molecule has 2 nitrogen and oxygen atoms in total. The lowest BCUT2D eigenvalue weighted by Gasteiger charge is -2.29. The maximum absolute atomic E-state index is 2.70. The van der Waals surface area contributed by atoms with Crippen LogP contribution < -0.4 is 0 Å². The third kappa shape index (κ3) is 2.87. The summed E-state index contributed by atoms with van der Waals surface area (Å²) in [7, 11) is 0. The van der Waals surface area contributed by atoms with Gasteiger partial charge in [-0.05, 0) is 49.8 Å². The molecule has 4 rings (SSSR count). The Balaban J connectivity index is 1.59. The number of nitrogens with zero attached hydrogens (tertiary/aromatic N) is 2. The first-order valence-electron chi connectivity index (χ1n) is 9.07. The van der Waals surface area contributed by atoms with Gasteiger partial charge in [-0.3, -0.25) is 4.90 Å². The van der Waals surface area contributed by atoms with Crippen LogP contribution >= 0.6 is 0 Å². The second kappa shape index (κ2) is 6.45. The van der Waals surface area contributed by atoms with Crippen molar-refractivity contribution in [2.24, 2.45) is 0 Å². The quantitative estimate of drug-likeness (QED) is 0.657. The van der Waals surface area contributed by atoms with E-state index in [2.05, 4.69) is 84.0 Å². The molecule has 0 amide bonds. The summed E-state index contributed by atoms with van der Waals surface area (Å²) in [6.45, 7) is 6.77. The molecular formula is C22H26N2. The van der Waals surface area contributed by atoms with Crippen LogP contribution in [0.5, 0.6) is 0 Å². The van der Waals surface area contributed by atoms with Crippen LogP contribution in [0.2, 0.25) is 0 Å². The van der Waals surface area contributed by atoms with Gasteiger partial charge in [0.25, 0.3) is 0 Å².